The van der Waals surface area contributed by atoms with Crippen molar-refractivity contribution in [2.45, 2.75) is 51.0 Å². The fraction of sp³-hybridized carbons (Fsp3) is 0.562. The minimum absolute atomic E-state index is 0.0608. The molecule has 1 aliphatic rings. The first-order valence-electron chi connectivity index (χ1n) is 7.55. The zero-order valence-corrected chi connectivity index (χ0v) is 13.4. The normalized spacial score (nSPS) is 16.8. The number of carbonyl (C=O) groups excluding carboxylic acids is 2. The van der Waals surface area contributed by atoms with Gasteiger partial charge in [0.05, 0.1) is 13.0 Å². The summed E-state index contributed by atoms with van der Waals surface area (Å²) in [5, 5.41) is 0.368. The highest BCUT2D eigenvalue weighted by Crippen LogP contribution is 2.33. The van der Waals surface area contributed by atoms with Crippen LogP contribution in [0, 0.1) is 0 Å². The highest BCUT2D eigenvalue weighted by molar-refractivity contribution is 6.29. The molecule has 2 rings (SSSR count). The largest absolute Gasteiger partial charge is 0.463 e. The molecule has 0 unspecified atom stereocenters. The minimum atomic E-state index is -1.12. The van der Waals surface area contributed by atoms with Gasteiger partial charge in [0.15, 0.2) is 0 Å². The van der Waals surface area contributed by atoms with E-state index in [0.29, 0.717) is 23.6 Å². The van der Waals surface area contributed by atoms with Gasteiger partial charge in [-0.1, -0.05) is 24.1 Å². The van der Waals surface area contributed by atoms with Crippen LogP contribution in [0.1, 0.15) is 44.6 Å². The van der Waals surface area contributed by atoms with Crippen molar-refractivity contribution in [3.8, 4) is 0 Å². The summed E-state index contributed by atoms with van der Waals surface area (Å²) >= 11 is 5.71. The summed E-state index contributed by atoms with van der Waals surface area (Å²) in [6, 6.07) is 3.33. The number of nitrogens with zero attached hydrogens (tertiary/aromatic N) is 1. The van der Waals surface area contributed by atoms with E-state index in [4.69, 9.17) is 21.1 Å². The van der Waals surface area contributed by atoms with Gasteiger partial charge < -0.3 is 9.47 Å². The van der Waals surface area contributed by atoms with E-state index in [9.17, 15) is 9.59 Å². The molecule has 0 amide bonds. The summed E-state index contributed by atoms with van der Waals surface area (Å²) in [5.74, 6) is -0.878. The fourth-order valence-corrected chi connectivity index (χ4v) is 2.78. The van der Waals surface area contributed by atoms with E-state index < -0.39 is 17.5 Å². The summed E-state index contributed by atoms with van der Waals surface area (Å²) in [4.78, 5) is 28.3. The van der Waals surface area contributed by atoms with Crippen LogP contribution in [0.2, 0.25) is 5.15 Å². The average Bonchev–Trinajstić information content (AvgIpc) is 2.50. The molecule has 1 saturated carbocycles. The van der Waals surface area contributed by atoms with Crippen LogP contribution in [0.25, 0.3) is 0 Å². The maximum atomic E-state index is 12.2. The second kappa shape index (κ2) is 7.58. The van der Waals surface area contributed by atoms with Crippen LogP contribution >= 0.6 is 11.6 Å². The Bertz CT molecular complexity index is 523. The molecule has 0 aliphatic heterocycles. The molecule has 0 spiro atoms. The molecular formula is C16H20ClNO4. The average molecular weight is 326 g/mol. The lowest BCUT2D eigenvalue weighted by Gasteiger charge is -2.34. The summed E-state index contributed by atoms with van der Waals surface area (Å²) in [7, 11) is 0. The number of hydrogen-bond acceptors (Lipinski definition) is 5. The Hall–Kier alpha value is -1.62. The fourth-order valence-electron chi connectivity index (χ4n) is 2.67. The van der Waals surface area contributed by atoms with Gasteiger partial charge in [0.1, 0.15) is 5.15 Å². The Labute approximate surface area is 135 Å². The Morgan fingerprint density at radius 2 is 2.00 bits per heavy atom. The second-order valence-electron chi connectivity index (χ2n) is 5.42. The van der Waals surface area contributed by atoms with Crippen molar-refractivity contribution in [3.63, 3.8) is 0 Å². The molecule has 1 aromatic heterocycles. The number of pyridine rings is 1. The first kappa shape index (κ1) is 16.7. The monoisotopic (exact) mass is 325 g/mol. The number of ether oxygens (including phenoxy) is 2. The summed E-state index contributed by atoms with van der Waals surface area (Å²) < 4.78 is 10.7. The third-order valence-corrected chi connectivity index (χ3v) is 3.98. The van der Waals surface area contributed by atoms with Gasteiger partial charge in [0.2, 0.25) is 5.60 Å². The third-order valence-electron chi connectivity index (χ3n) is 3.75. The molecule has 0 N–H and O–H groups in total. The van der Waals surface area contributed by atoms with Gasteiger partial charge in [-0.15, -0.1) is 0 Å². The van der Waals surface area contributed by atoms with Gasteiger partial charge in [-0.2, -0.15) is 0 Å². The van der Waals surface area contributed by atoms with Crippen LogP contribution in [0.4, 0.5) is 0 Å². The van der Waals surface area contributed by atoms with Crippen LogP contribution in [0.3, 0.4) is 0 Å². The first-order chi connectivity index (χ1) is 10.6. The molecule has 1 heterocycles. The molecular weight excluding hydrogens is 306 g/mol. The molecule has 22 heavy (non-hydrogen) atoms. The van der Waals surface area contributed by atoms with Crippen molar-refractivity contribution in [2.24, 2.45) is 0 Å². The van der Waals surface area contributed by atoms with Crippen LogP contribution in [-0.4, -0.2) is 29.1 Å². The Balaban J connectivity index is 2.04. The molecule has 0 radical (unpaired) electrons. The molecule has 1 aliphatic carbocycles. The number of rotatable bonds is 5. The predicted octanol–water partition coefficient (Wildman–Crippen LogP) is 3.09. The van der Waals surface area contributed by atoms with E-state index in [2.05, 4.69) is 4.98 Å². The van der Waals surface area contributed by atoms with E-state index in [-0.39, 0.29) is 13.0 Å². The van der Waals surface area contributed by atoms with E-state index in [1.807, 2.05) is 0 Å². The highest BCUT2D eigenvalue weighted by atomic mass is 35.5. The van der Waals surface area contributed by atoms with Crippen molar-refractivity contribution in [1.82, 2.24) is 4.98 Å². The Kier molecular flexibility index (Phi) is 5.77. The zero-order chi connectivity index (χ0) is 16.0. The smallest absolute Gasteiger partial charge is 0.350 e. The van der Waals surface area contributed by atoms with Crippen molar-refractivity contribution < 1.29 is 19.1 Å². The lowest BCUT2D eigenvalue weighted by molar-refractivity contribution is -0.186. The van der Waals surface area contributed by atoms with Crippen molar-refractivity contribution in [2.75, 3.05) is 6.61 Å². The van der Waals surface area contributed by atoms with Gasteiger partial charge in [0.25, 0.3) is 0 Å². The molecule has 120 valence electrons. The van der Waals surface area contributed by atoms with Crippen molar-refractivity contribution >= 4 is 23.5 Å². The van der Waals surface area contributed by atoms with Gasteiger partial charge in [-0.3, -0.25) is 4.79 Å². The van der Waals surface area contributed by atoms with Crippen LogP contribution in [0.15, 0.2) is 18.3 Å². The number of carbonyl (C=O) groups is 2. The lowest BCUT2D eigenvalue weighted by atomic mass is 9.84. The standard InChI is InChI=1S/C16H20ClNO4/c1-2-21-15(20)16(8-4-3-5-9-16)22-14(19)10-12-6-7-13(17)18-11-12/h6-7,11H,2-5,8-10H2,1H3. The molecule has 1 aromatic rings. The lowest BCUT2D eigenvalue weighted by Crippen LogP contribution is -2.46. The molecule has 0 bridgehead atoms. The molecule has 1 fully saturated rings. The molecule has 0 atom stereocenters. The quantitative estimate of drug-likeness (QED) is 0.615. The van der Waals surface area contributed by atoms with E-state index in [0.717, 1.165) is 19.3 Å². The number of aromatic nitrogens is 1. The Morgan fingerprint density at radius 3 is 2.59 bits per heavy atom. The van der Waals surface area contributed by atoms with Gasteiger partial charge in [-0.25, -0.2) is 9.78 Å². The van der Waals surface area contributed by atoms with Crippen LogP contribution in [0.5, 0.6) is 0 Å². The first-order valence-corrected chi connectivity index (χ1v) is 7.93. The maximum Gasteiger partial charge on any atom is 0.350 e. The zero-order valence-electron chi connectivity index (χ0n) is 12.6. The van der Waals surface area contributed by atoms with Gasteiger partial charge in [-0.05, 0) is 44.2 Å². The molecule has 0 aromatic carbocycles. The maximum absolute atomic E-state index is 12.2. The number of halogens is 1. The van der Waals surface area contributed by atoms with Crippen LogP contribution < -0.4 is 0 Å². The van der Waals surface area contributed by atoms with Crippen molar-refractivity contribution in [1.29, 1.82) is 0 Å². The van der Waals surface area contributed by atoms with E-state index in [1.165, 1.54) is 6.20 Å². The van der Waals surface area contributed by atoms with Crippen molar-refractivity contribution in [3.05, 3.63) is 29.0 Å². The highest BCUT2D eigenvalue weighted by Gasteiger charge is 2.44. The summed E-state index contributed by atoms with van der Waals surface area (Å²) in [5.41, 5.74) is -0.421. The molecule has 5 nitrogen and oxygen atoms in total. The SMILES string of the molecule is CCOC(=O)C1(OC(=O)Cc2ccc(Cl)nc2)CCCCC1. The van der Waals surface area contributed by atoms with E-state index in [1.54, 1.807) is 19.1 Å². The minimum Gasteiger partial charge on any atom is -0.463 e. The number of esters is 2. The second-order valence-corrected chi connectivity index (χ2v) is 5.80. The molecule has 0 saturated heterocycles. The summed E-state index contributed by atoms with van der Waals surface area (Å²) in [6.45, 7) is 2.02. The number of hydrogen-bond donors (Lipinski definition) is 0. The predicted molar refractivity (Wildman–Crippen MR) is 81.5 cm³/mol. The van der Waals surface area contributed by atoms with Crippen LogP contribution in [-0.2, 0) is 25.5 Å². The summed E-state index contributed by atoms with van der Waals surface area (Å²) in [6.07, 6.45) is 5.39. The third kappa shape index (κ3) is 4.19. The Morgan fingerprint density at radius 1 is 1.27 bits per heavy atom. The van der Waals surface area contributed by atoms with Gasteiger partial charge in [0, 0.05) is 6.20 Å². The van der Waals surface area contributed by atoms with E-state index >= 15 is 0 Å². The van der Waals surface area contributed by atoms with Gasteiger partial charge >= 0.3 is 11.9 Å². The molecule has 6 heteroatoms. The topological polar surface area (TPSA) is 65.5 Å².